The van der Waals surface area contributed by atoms with E-state index in [1.54, 1.807) is 35.3 Å². The first-order valence-electron chi connectivity index (χ1n) is 13.6. The maximum atomic E-state index is 14.1. The van der Waals surface area contributed by atoms with E-state index in [4.69, 9.17) is 4.98 Å². The van der Waals surface area contributed by atoms with Gasteiger partial charge in [-0.2, -0.15) is 5.10 Å². The molecule has 0 unspecified atom stereocenters. The second-order valence-electron chi connectivity index (χ2n) is 9.80. The summed E-state index contributed by atoms with van der Waals surface area (Å²) in [5, 5.41) is 20.5. The Kier molecular flexibility index (Phi) is 8.79. The van der Waals surface area contributed by atoms with Crippen LogP contribution in [-0.2, 0) is 17.6 Å². The molecule has 0 amide bonds. The molecule has 1 atom stereocenters. The summed E-state index contributed by atoms with van der Waals surface area (Å²) in [6, 6.07) is 13.2. The Bertz CT molecular complexity index is 1410. The van der Waals surface area contributed by atoms with Gasteiger partial charge in [0.15, 0.2) is 5.82 Å². The van der Waals surface area contributed by atoms with E-state index in [1.165, 1.54) is 24.0 Å². The van der Waals surface area contributed by atoms with E-state index in [1.807, 2.05) is 11.0 Å². The van der Waals surface area contributed by atoms with Crippen molar-refractivity contribution in [2.24, 2.45) is 0 Å². The fraction of sp³-hybridized carbons (Fsp3) is 0.345. The zero-order valence-corrected chi connectivity index (χ0v) is 22.2. The summed E-state index contributed by atoms with van der Waals surface area (Å²) in [7, 11) is 0. The number of carbonyl (C=O) groups is 1. The SMILES string of the molecule is O=C(O)[C@H](CCN(CCCCc1ccc2c(n1)NCCC2)c1cccc(F)c1)Nc1cc(-n2cccn2)ncn1. The molecule has 0 saturated heterocycles. The van der Waals surface area contributed by atoms with Gasteiger partial charge in [-0.25, -0.2) is 28.8 Å². The maximum Gasteiger partial charge on any atom is 0.326 e. The van der Waals surface area contributed by atoms with Crippen molar-refractivity contribution in [3.05, 3.63) is 84.3 Å². The fourth-order valence-electron chi connectivity index (χ4n) is 4.84. The molecule has 4 aromatic rings. The van der Waals surface area contributed by atoms with E-state index in [9.17, 15) is 14.3 Å². The minimum absolute atomic E-state index is 0.283. The minimum Gasteiger partial charge on any atom is -0.480 e. The Hall–Kier alpha value is -4.54. The average Bonchev–Trinajstić information content (AvgIpc) is 3.51. The Morgan fingerprint density at radius 1 is 1.15 bits per heavy atom. The van der Waals surface area contributed by atoms with Crippen LogP contribution in [0.15, 0.2) is 67.3 Å². The minimum atomic E-state index is -0.995. The van der Waals surface area contributed by atoms with Gasteiger partial charge in [0.25, 0.3) is 0 Å². The zero-order chi connectivity index (χ0) is 27.7. The smallest absolute Gasteiger partial charge is 0.326 e. The molecule has 5 rings (SSSR count). The van der Waals surface area contributed by atoms with E-state index in [0.717, 1.165) is 55.8 Å². The van der Waals surface area contributed by atoms with Crippen molar-refractivity contribution in [2.75, 3.05) is 35.2 Å². The number of aromatic nitrogens is 5. The van der Waals surface area contributed by atoms with Crippen LogP contribution in [0.4, 0.5) is 21.7 Å². The van der Waals surface area contributed by atoms with Crippen molar-refractivity contribution >= 4 is 23.3 Å². The average molecular weight is 545 g/mol. The second-order valence-corrected chi connectivity index (χ2v) is 9.80. The lowest BCUT2D eigenvalue weighted by molar-refractivity contribution is -0.138. The van der Waals surface area contributed by atoms with Gasteiger partial charge in [-0.3, -0.25) is 0 Å². The summed E-state index contributed by atoms with van der Waals surface area (Å²) in [5.41, 5.74) is 3.05. The van der Waals surface area contributed by atoms with Crippen LogP contribution in [0.3, 0.4) is 0 Å². The van der Waals surface area contributed by atoms with Crippen molar-refractivity contribution in [1.82, 2.24) is 24.7 Å². The Balaban J connectivity index is 1.20. The first-order chi connectivity index (χ1) is 19.5. The van der Waals surface area contributed by atoms with Gasteiger partial charge >= 0.3 is 5.97 Å². The number of carboxylic acid groups (broad SMARTS) is 1. The number of benzene rings is 1. The first-order valence-corrected chi connectivity index (χ1v) is 13.6. The predicted octanol–water partition coefficient (Wildman–Crippen LogP) is 4.34. The van der Waals surface area contributed by atoms with Gasteiger partial charge in [-0.05, 0) is 74.4 Å². The number of halogens is 1. The number of fused-ring (bicyclic) bond motifs is 1. The van der Waals surface area contributed by atoms with Crippen molar-refractivity contribution in [3.8, 4) is 5.82 Å². The lowest BCUT2D eigenvalue weighted by Gasteiger charge is -2.27. The summed E-state index contributed by atoms with van der Waals surface area (Å²) in [5.74, 6) is 0.589. The highest BCUT2D eigenvalue weighted by molar-refractivity contribution is 5.77. The number of aryl methyl sites for hydroxylation is 2. The zero-order valence-electron chi connectivity index (χ0n) is 22.2. The van der Waals surface area contributed by atoms with Crippen LogP contribution in [0.5, 0.6) is 0 Å². The first kappa shape index (κ1) is 27.0. The van der Waals surface area contributed by atoms with Crippen LogP contribution in [-0.4, -0.2) is 61.5 Å². The van der Waals surface area contributed by atoms with E-state index in [2.05, 4.69) is 37.8 Å². The summed E-state index contributed by atoms with van der Waals surface area (Å²) in [6.07, 6.45) is 9.84. The van der Waals surface area contributed by atoms with Crippen molar-refractivity contribution in [2.45, 2.75) is 44.6 Å². The molecule has 4 heterocycles. The van der Waals surface area contributed by atoms with Gasteiger partial charge < -0.3 is 20.6 Å². The molecule has 3 aromatic heterocycles. The largest absolute Gasteiger partial charge is 0.480 e. The molecule has 11 heteroatoms. The van der Waals surface area contributed by atoms with Crippen LogP contribution in [0.1, 0.15) is 36.9 Å². The van der Waals surface area contributed by atoms with Crippen LogP contribution >= 0.6 is 0 Å². The molecule has 40 heavy (non-hydrogen) atoms. The van der Waals surface area contributed by atoms with Gasteiger partial charge in [0.1, 0.15) is 29.8 Å². The Morgan fingerprint density at radius 2 is 2.08 bits per heavy atom. The number of carboxylic acids is 1. The molecule has 0 fully saturated rings. The fourth-order valence-corrected chi connectivity index (χ4v) is 4.84. The number of pyridine rings is 1. The lowest BCUT2D eigenvalue weighted by atomic mass is 10.1. The molecule has 0 saturated carbocycles. The van der Waals surface area contributed by atoms with Gasteiger partial charge in [0, 0.05) is 49.5 Å². The number of aliphatic carboxylic acids is 1. The van der Waals surface area contributed by atoms with Crippen LogP contribution < -0.4 is 15.5 Å². The maximum absolute atomic E-state index is 14.1. The number of nitrogens with one attached hydrogen (secondary N) is 2. The monoisotopic (exact) mass is 544 g/mol. The van der Waals surface area contributed by atoms with Crippen LogP contribution in [0, 0.1) is 5.82 Å². The highest BCUT2D eigenvalue weighted by Crippen LogP contribution is 2.21. The van der Waals surface area contributed by atoms with Gasteiger partial charge in [-0.15, -0.1) is 0 Å². The predicted molar refractivity (Wildman–Crippen MR) is 151 cm³/mol. The third kappa shape index (κ3) is 7.10. The lowest BCUT2D eigenvalue weighted by Crippen LogP contribution is -2.35. The molecule has 1 aliphatic heterocycles. The standard InChI is InChI=1S/C29H33FN8O2/c30-22-7-3-9-24(18-22)37(15-2-1-8-23-11-10-21-6-4-13-31-28(21)35-23)17-12-25(29(39)40)36-26-19-27(33-20-32-26)38-16-5-14-34-38/h3,5,7,9-11,14,16,18-20,25H,1-2,4,6,8,12-13,15,17H2,(H,31,35)(H,39,40)(H,32,33,36)/t25-/m0/s1. The molecular formula is C29H33FN8O2. The number of hydrogen-bond donors (Lipinski definition) is 3. The third-order valence-corrected chi connectivity index (χ3v) is 6.94. The molecule has 208 valence electrons. The highest BCUT2D eigenvalue weighted by atomic mass is 19.1. The Labute approximate surface area is 232 Å². The van der Waals surface area contributed by atoms with E-state index >= 15 is 0 Å². The number of rotatable bonds is 13. The molecule has 0 spiro atoms. The summed E-state index contributed by atoms with van der Waals surface area (Å²) in [4.78, 5) is 27.3. The molecule has 0 radical (unpaired) electrons. The second kappa shape index (κ2) is 13.0. The van der Waals surface area contributed by atoms with Crippen LogP contribution in [0.25, 0.3) is 5.82 Å². The third-order valence-electron chi connectivity index (χ3n) is 6.94. The molecular weight excluding hydrogens is 511 g/mol. The number of nitrogens with zero attached hydrogens (tertiary/aromatic N) is 6. The number of hydrogen-bond acceptors (Lipinski definition) is 8. The van der Waals surface area contributed by atoms with Gasteiger partial charge in [0.2, 0.25) is 0 Å². The normalized spacial score (nSPS) is 13.2. The summed E-state index contributed by atoms with van der Waals surface area (Å²) < 4.78 is 15.6. The van der Waals surface area contributed by atoms with Crippen molar-refractivity contribution < 1.29 is 14.3 Å². The molecule has 1 aromatic carbocycles. The highest BCUT2D eigenvalue weighted by Gasteiger charge is 2.20. The van der Waals surface area contributed by atoms with Crippen LogP contribution in [0.2, 0.25) is 0 Å². The number of unbranched alkanes of at least 4 members (excludes halogenated alkanes) is 1. The topological polar surface area (TPSA) is 121 Å². The van der Waals surface area contributed by atoms with Gasteiger partial charge in [0.05, 0.1) is 0 Å². The van der Waals surface area contributed by atoms with Crippen molar-refractivity contribution in [1.29, 1.82) is 0 Å². The Morgan fingerprint density at radius 3 is 2.90 bits per heavy atom. The summed E-state index contributed by atoms with van der Waals surface area (Å²) >= 11 is 0. The molecule has 10 nitrogen and oxygen atoms in total. The molecule has 0 bridgehead atoms. The molecule has 1 aliphatic rings. The molecule has 3 N–H and O–H groups in total. The van der Waals surface area contributed by atoms with E-state index in [-0.39, 0.29) is 12.2 Å². The summed E-state index contributed by atoms with van der Waals surface area (Å²) in [6.45, 7) is 2.04. The van der Waals surface area contributed by atoms with Gasteiger partial charge in [-0.1, -0.05) is 12.1 Å². The van der Waals surface area contributed by atoms with E-state index < -0.39 is 12.0 Å². The quantitative estimate of drug-likeness (QED) is 0.211. The number of anilines is 3. The molecule has 0 aliphatic carbocycles. The van der Waals surface area contributed by atoms with E-state index in [0.29, 0.717) is 24.7 Å². The van der Waals surface area contributed by atoms with Crippen molar-refractivity contribution in [3.63, 3.8) is 0 Å².